The zero-order chi connectivity index (χ0) is 29.0. The Hall–Kier alpha value is -3.18. The highest BCUT2D eigenvalue weighted by Crippen LogP contribution is 2.36. The van der Waals surface area contributed by atoms with E-state index in [1.807, 2.05) is 48.5 Å². The second kappa shape index (κ2) is 12.6. The van der Waals surface area contributed by atoms with Crippen LogP contribution in [0.15, 0.2) is 66.7 Å². The van der Waals surface area contributed by atoms with Crippen molar-refractivity contribution in [2.24, 2.45) is 11.7 Å². The Morgan fingerprint density at radius 3 is 2.05 bits per heavy atom. The van der Waals surface area contributed by atoms with Crippen LogP contribution in [0.25, 0.3) is 0 Å². The number of sulfonamides is 1. The number of likely N-dealkylation sites (tertiary alicyclic amines) is 1. The first-order valence-corrected chi connectivity index (χ1v) is 15.0. The van der Waals surface area contributed by atoms with Crippen molar-refractivity contribution >= 4 is 50.7 Å². The molecule has 0 aromatic heterocycles. The maximum atomic E-state index is 14.3. The molecular formula is C28H29Cl2FN4O4S. The summed E-state index contributed by atoms with van der Waals surface area (Å²) in [5, 5.41) is 3.66. The lowest BCUT2D eigenvalue weighted by Crippen LogP contribution is -2.51. The number of anilines is 1. The van der Waals surface area contributed by atoms with E-state index in [1.54, 1.807) is 6.92 Å². The van der Waals surface area contributed by atoms with Crippen molar-refractivity contribution in [2.75, 3.05) is 23.6 Å². The highest BCUT2D eigenvalue weighted by molar-refractivity contribution is 7.92. The van der Waals surface area contributed by atoms with E-state index < -0.39 is 33.7 Å². The van der Waals surface area contributed by atoms with Gasteiger partial charge >= 0.3 is 0 Å². The minimum atomic E-state index is -3.87. The smallest absolute Gasteiger partial charge is 0.252 e. The summed E-state index contributed by atoms with van der Waals surface area (Å²) < 4.78 is 42.6. The predicted octanol–water partition coefficient (Wildman–Crippen LogP) is 4.59. The molecule has 3 aromatic rings. The summed E-state index contributed by atoms with van der Waals surface area (Å²) in [6.07, 6.45) is 0.255. The largest absolute Gasteiger partial charge is 0.368 e. The van der Waals surface area contributed by atoms with Crippen LogP contribution in [-0.4, -0.2) is 50.0 Å². The molecule has 0 radical (unpaired) electrons. The quantitative estimate of drug-likeness (QED) is 0.295. The summed E-state index contributed by atoms with van der Waals surface area (Å²) in [5.41, 5.74) is 7.05. The standard InChI is InChI=1S/C28H29Cl2FN4O4S/c1-2-25(27(32)36)33-28(37)20-11-23(31)13-24(12-20)34-40(38,39)16-17-14-35(15-17)26(18-3-7-21(29)8-4-18)19-5-9-22(30)10-6-19/h3-13,17,25-26,34H,2,14-16H2,1H3,(H2,32,36)(H,33,37)/t25-/m0/s1. The zero-order valence-corrected chi connectivity index (χ0v) is 23.9. The highest BCUT2D eigenvalue weighted by Gasteiger charge is 2.36. The highest BCUT2D eigenvalue weighted by atomic mass is 35.5. The van der Waals surface area contributed by atoms with E-state index in [0.717, 1.165) is 23.3 Å². The molecule has 0 spiro atoms. The number of nitrogens with zero attached hydrogens (tertiary/aromatic N) is 1. The second-order valence-corrected chi connectivity index (χ2v) is 12.4. The number of nitrogens with one attached hydrogen (secondary N) is 2. The van der Waals surface area contributed by atoms with E-state index >= 15 is 0 Å². The molecule has 4 N–H and O–H groups in total. The van der Waals surface area contributed by atoms with Gasteiger partial charge in [-0.3, -0.25) is 19.2 Å². The monoisotopic (exact) mass is 606 g/mol. The van der Waals surface area contributed by atoms with Gasteiger partial charge in [-0.25, -0.2) is 12.8 Å². The summed E-state index contributed by atoms with van der Waals surface area (Å²) in [7, 11) is -3.87. The Kier molecular flexibility index (Phi) is 9.35. The number of amides is 2. The summed E-state index contributed by atoms with van der Waals surface area (Å²) in [5.74, 6) is -2.62. The van der Waals surface area contributed by atoms with Gasteiger partial charge in [0, 0.05) is 34.6 Å². The summed E-state index contributed by atoms with van der Waals surface area (Å²) in [6, 6.07) is 17.1. The maximum absolute atomic E-state index is 14.3. The van der Waals surface area contributed by atoms with Gasteiger partial charge in [0.15, 0.2) is 0 Å². The maximum Gasteiger partial charge on any atom is 0.252 e. The van der Waals surface area contributed by atoms with Crippen LogP contribution in [0.2, 0.25) is 10.0 Å². The molecule has 1 fully saturated rings. The van der Waals surface area contributed by atoms with E-state index in [4.69, 9.17) is 28.9 Å². The molecule has 0 unspecified atom stereocenters. The summed E-state index contributed by atoms with van der Waals surface area (Å²) >= 11 is 12.2. The third-order valence-corrected chi connectivity index (χ3v) is 8.63. The molecule has 4 rings (SSSR count). The fourth-order valence-corrected chi connectivity index (χ4v) is 6.40. The Labute approximate surface area is 242 Å². The van der Waals surface area contributed by atoms with Gasteiger partial charge in [0.2, 0.25) is 15.9 Å². The van der Waals surface area contributed by atoms with Crippen LogP contribution in [0.4, 0.5) is 10.1 Å². The molecule has 212 valence electrons. The fraction of sp³-hybridized carbons (Fsp3) is 0.286. The van der Waals surface area contributed by atoms with Crippen molar-refractivity contribution in [3.8, 4) is 0 Å². The average molecular weight is 608 g/mol. The number of carbonyl (C=O) groups excluding carboxylic acids is 2. The van der Waals surface area contributed by atoms with E-state index in [-0.39, 0.29) is 35.4 Å². The first-order chi connectivity index (χ1) is 18.9. The van der Waals surface area contributed by atoms with E-state index in [2.05, 4.69) is 14.9 Å². The number of hydrogen-bond acceptors (Lipinski definition) is 5. The molecular weight excluding hydrogens is 578 g/mol. The summed E-state index contributed by atoms with van der Waals surface area (Å²) in [6.45, 7) is 2.69. The van der Waals surface area contributed by atoms with Gasteiger partial charge in [-0.2, -0.15) is 0 Å². The first kappa shape index (κ1) is 29.8. The van der Waals surface area contributed by atoms with Crippen molar-refractivity contribution < 1.29 is 22.4 Å². The van der Waals surface area contributed by atoms with Crippen LogP contribution >= 0.6 is 23.2 Å². The van der Waals surface area contributed by atoms with Crippen LogP contribution in [0.3, 0.4) is 0 Å². The SMILES string of the molecule is CC[C@H](NC(=O)c1cc(F)cc(NS(=O)(=O)CC2CN(C(c3ccc(Cl)cc3)c3ccc(Cl)cc3)C2)c1)C(N)=O. The van der Waals surface area contributed by atoms with E-state index in [1.165, 1.54) is 6.07 Å². The molecule has 0 bridgehead atoms. The van der Waals surface area contributed by atoms with Crippen LogP contribution in [0.5, 0.6) is 0 Å². The average Bonchev–Trinajstić information content (AvgIpc) is 2.86. The van der Waals surface area contributed by atoms with Crippen LogP contribution in [0, 0.1) is 11.7 Å². The van der Waals surface area contributed by atoms with Crippen LogP contribution < -0.4 is 15.8 Å². The molecule has 1 aliphatic rings. The number of hydrogen-bond donors (Lipinski definition) is 3. The Morgan fingerprint density at radius 2 is 1.55 bits per heavy atom. The van der Waals surface area contributed by atoms with Gasteiger partial charge in [-0.1, -0.05) is 54.4 Å². The van der Waals surface area contributed by atoms with Gasteiger partial charge in [0.1, 0.15) is 11.9 Å². The fourth-order valence-electron chi connectivity index (χ4n) is 4.76. The molecule has 0 saturated carbocycles. The molecule has 3 aromatic carbocycles. The molecule has 1 saturated heterocycles. The van der Waals surface area contributed by atoms with Gasteiger partial charge in [0.25, 0.3) is 5.91 Å². The minimum Gasteiger partial charge on any atom is -0.368 e. The number of nitrogens with two attached hydrogens (primary N) is 1. The van der Waals surface area contributed by atoms with E-state index in [9.17, 15) is 22.4 Å². The molecule has 2 amide bonds. The number of rotatable bonds is 11. The number of primary amides is 1. The van der Waals surface area contributed by atoms with Crippen LogP contribution in [0.1, 0.15) is 40.9 Å². The second-order valence-electron chi connectivity index (χ2n) is 9.77. The third kappa shape index (κ3) is 7.51. The molecule has 1 aliphatic heterocycles. The van der Waals surface area contributed by atoms with Gasteiger partial charge in [0.05, 0.1) is 17.5 Å². The van der Waals surface area contributed by atoms with Crippen LogP contribution in [-0.2, 0) is 14.8 Å². The number of carbonyl (C=O) groups is 2. The van der Waals surface area contributed by atoms with Crippen molar-refractivity contribution in [1.82, 2.24) is 10.2 Å². The Morgan fingerprint density at radius 1 is 1.00 bits per heavy atom. The first-order valence-electron chi connectivity index (χ1n) is 12.6. The molecule has 40 heavy (non-hydrogen) atoms. The molecule has 1 atom stereocenters. The van der Waals surface area contributed by atoms with Gasteiger partial charge < -0.3 is 11.1 Å². The van der Waals surface area contributed by atoms with Crippen molar-refractivity contribution in [1.29, 1.82) is 0 Å². The molecule has 1 heterocycles. The lowest BCUT2D eigenvalue weighted by molar-refractivity contribution is -0.119. The van der Waals surface area contributed by atoms with Gasteiger partial charge in [-0.15, -0.1) is 0 Å². The Balaban J connectivity index is 1.43. The van der Waals surface area contributed by atoms with Crippen molar-refractivity contribution in [3.05, 3.63) is 99.3 Å². The van der Waals surface area contributed by atoms with Crippen molar-refractivity contribution in [3.63, 3.8) is 0 Å². The van der Waals surface area contributed by atoms with Crippen molar-refractivity contribution in [2.45, 2.75) is 25.4 Å². The normalized spacial score (nSPS) is 14.9. The van der Waals surface area contributed by atoms with E-state index in [0.29, 0.717) is 23.1 Å². The molecule has 0 aliphatic carbocycles. The molecule has 12 heteroatoms. The number of benzene rings is 3. The lowest BCUT2D eigenvalue weighted by atomic mass is 9.91. The lowest BCUT2D eigenvalue weighted by Gasteiger charge is -2.44. The zero-order valence-electron chi connectivity index (χ0n) is 21.6. The third-order valence-electron chi connectivity index (χ3n) is 6.67. The topological polar surface area (TPSA) is 122 Å². The molecule has 8 nitrogen and oxygen atoms in total. The van der Waals surface area contributed by atoms with Gasteiger partial charge in [-0.05, 0) is 60.0 Å². The number of halogens is 3. The predicted molar refractivity (Wildman–Crippen MR) is 154 cm³/mol. The summed E-state index contributed by atoms with van der Waals surface area (Å²) in [4.78, 5) is 26.1. The Bertz CT molecular complexity index is 1440. The minimum absolute atomic E-state index is 0.0892.